The lowest BCUT2D eigenvalue weighted by Gasteiger charge is -2.09. The first-order valence-corrected chi connectivity index (χ1v) is 6.87. The first-order valence-electron chi connectivity index (χ1n) is 5.88. The van der Waals surface area contributed by atoms with Crippen molar-refractivity contribution in [2.45, 2.75) is 17.6 Å². The topological polar surface area (TPSA) is 63.3 Å². The fourth-order valence-electron chi connectivity index (χ4n) is 1.78. The second-order valence-electron chi connectivity index (χ2n) is 4.24. The Morgan fingerprint density at radius 2 is 1.95 bits per heavy atom. The molecule has 0 aliphatic rings. The van der Waals surface area contributed by atoms with Crippen LogP contribution in [0.15, 0.2) is 47.4 Å². The second-order valence-corrected chi connectivity index (χ2v) is 5.25. The molecule has 0 aliphatic heterocycles. The van der Waals surface area contributed by atoms with Crippen molar-refractivity contribution in [1.82, 2.24) is 0 Å². The number of hydrogen-bond acceptors (Lipinski definition) is 3. The lowest BCUT2D eigenvalue weighted by atomic mass is 10.1. The summed E-state index contributed by atoms with van der Waals surface area (Å²) in [6, 6.07) is 13.2. The second kappa shape index (κ2) is 5.80. The number of thioether (sulfide) groups is 1. The van der Waals surface area contributed by atoms with Gasteiger partial charge in [0.25, 0.3) is 0 Å². The van der Waals surface area contributed by atoms with Gasteiger partial charge in [0.05, 0.1) is 11.3 Å². The maximum absolute atomic E-state index is 11.0. The third kappa shape index (κ3) is 3.09. The Kier molecular flexibility index (Phi) is 4.12. The number of benzene rings is 2. The van der Waals surface area contributed by atoms with Crippen molar-refractivity contribution in [3.05, 3.63) is 59.2 Å². The first-order chi connectivity index (χ1) is 9.09. The van der Waals surface area contributed by atoms with Crippen LogP contribution in [0.1, 0.15) is 21.5 Å². The zero-order chi connectivity index (χ0) is 13.8. The summed E-state index contributed by atoms with van der Waals surface area (Å²) in [5.74, 6) is -0.212. The van der Waals surface area contributed by atoms with Gasteiger partial charge in [-0.25, -0.2) is 4.79 Å². The van der Waals surface area contributed by atoms with E-state index in [0.29, 0.717) is 5.69 Å². The molecule has 2 aromatic rings. The zero-order valence-corrected chi connectivity index (χ0v) is 11.4. The molecule has 0 radical (unpaired) electrons. The molecule has 0 heterocycles. The van der Waals surface area contributed by atoms with Gasteiger partial charge in [0.15, 0.2) is 0 Å². The summed E-state index contributed by atoms with van der Waals surface area (Å²) in [7, 11) is 0. The van der Waals surface area contributed by atoms with Gasteiger partial charge in [-0.15, -0.1) is 11.8 Å². The Morgan fingerprint density at radius 3 is 2.63 bits per heavy atom. The molecule has 0 spiro atoms. The van der Waals surface area contributed by atoms with Crippen molar-refractivity contribution in [3.63, 3.8) is 0 Å². The third-order valence-electron chi connectivity index (χ3n) is 2.94. The SMILES string of the molecule is Cc1ccccc1CSc1cccc(C(=O)O)c1N. The van der Waals surface area contributed by atoms with Crippen LogP contribution in [0, 0.1) is 6.92 Å². The van der Waals surface area contributed by atoms with Gasteiger partial charge in [0, 0.05) is 10.6 Å². The molecule has 19 heavy (non-hydrogen) atoms. The Bertz CT molecular complexity index is 611. The van der Waals surface area contributed by atoms with E-state index >= 15 is 0 Å². The summed E-state index contributed by atoms with van der Waals surface area (Å²) in [5, 5.41) is 9.03. The molecule has 2 aromatic carbocycles. The highest BCUT2D eigenvalue weighted by Crippen LogP contribution is 2.31. The molecule has 0 saturated heterocycles. The number of carboxylic acid groups (broad SMARTS) is 1. The molecule has 0 unspecified atom stereocenters. The standard InChI is InChI=1S/C15H15NO2S/c1-10-5-2-3-6-11(10)9-19-13-8-4-7-12(14(13)16)15(17)18/h2-8H,9,16H2,1H3,(H,17,18). The van der Waals surface area contributed by atoms with Crippen LogP contribution in [-0.2, 0) is 5.75 Å². The maximum Gasteiger partial charge on any atom is 0.337 e. The molecule has 98 valence electrons. The molecule has 3 nitrogen and oxygen atoms in total. The molecule has 0 aliphatic carbocycles. The lowest BCUT2D eigenvalue weighted by molar-refractivity contribution is 0.0698. The monoisotopic (exact) mass is 273 g/mol. The van der Waals surface area contributed by atoms with Crippen LogP contribution in [0.25, 0.3) is 0 Å². The van der Waals surface area contributed by atoms with E-state index in [0.717, 1.165) is 10.6 Å². The van der Waals surface area contributed by atoms with Gasteiger partial charge in [0.1, 0.15) is 0 Å². The first kappa shape index (κ1) is 13.5. The number of hydrogen-bond donors (Lipinski definition) is 2. The molecule has 0 atom stereocenters. The largest absolute Gasteiger partial charge is 0.478 e. The molecule has 0 fully saturated rings. The summed E-state index contributed by atoms with van der Waals surface area (Å²) in [4.78, 5) is 11.8. The molecule has 0 saturated carbocycles. The van der Waals surface area contributed by atoms with Crippen molar-refractivity contribution in [2.75, 3.05) is 5.73 Å². The van der Waals surface area contributed by atoms with Gasteiger partial charge < -0.3 is 10.8 Å². The number of para-hydroxylation sites is 1. The van der Waals surface area contributed by atoms with Crippen LogP contribution in [0.4, 0.5) is 5.69 Å². The average molecular weight is 273 g/mol. The molecule has 0 bridgehead atoms. The van der Waals surface area contributed by atoms with E-state index in [1.165, 1.54) is 17.2 Å². The summed E-state index contributed by atoms with van der Waals surface area (Å²) in [6.07, 6.45) is 0. The van der Waals surface area contributed by atoms with Crippen LogP contribution in [0.2, 0.25) is 0 Å². The third-order valence-corrected chi connectivity index (χ3v) is 4.06. The van der Waals surface area contributed by atoms with Crippen molar-refractivity contribution < 1.29 is 9.90 Å². The average Bonchev–Trinajstić information content (AvgIpc) is 2.39. The fourth-order valence-corrected chi connectivity index (χ4v) is 2.86. The molecule has 2 rings (SSSR count). The zero-order valence-electron chi connectivity index (χ0n) is 10.6. The van der Waals surface area contributed by atoms with Gasteiger partial charge >= 0.3 is 5.97 Å². The molecule has 4 heteroatoms. The minimum absolute atomic E-state index is 0.162. The summed E-state index contributed by atoms with van der Waals surface area (Å²) < 4.78 is 0. The van der Waals surface area contributed by atoms with Crippen molar-refractivity contribution in [2.24, 2.45) is 0 Å². The number of nitrogen functional groups attached to an aromatic ring is 1. The van der Waals surface area contributed by atoms with Gasteiger partial charge in [-0.3, -0.25) is 0 Å². The Hall–Kier alpha value is -1.94. The number of nitrogens with two attached hydrogens (primary N) is 1. The Morgan fingerprint density at radius 1 is 1.21 bits per heavy atom. The number of aryl methyl sites for hydroxylation is 1. The molecule has 3 N–H and O–H groups in total. The molecular formula is C15H15NO2S. The highest BCUT2D eigenvalue weighted by molar-refractivity contribution is 7.98. The summed E-state index contributed by atoms with van der Waals surface area (Å²) in [6.45, 7) is 2.06. The fraction of sp³-hybridized carbons (Fsp3) is 0.133. The van der Waals surface area contributed by atoms with Crippen molar-refractivity contribution in [3.8, 4) is 0 Å². The summed E-state index contributed by atoms with van der Waals surface area (Å²) in [5.41, 5.74) is 8.84. The predicted octanol–water partition coefficient (Wildman–Crippen LogP) is 3.57. The number of anilines is 1. The van der Waals surface area contributed by atoms with E-state index in [4.69, 9.17) is 10.8 Å². The summed E-state index contributed by atoms with van der Waals surface area (Å²) >= 11 is 1.56. The molecule has 0 aromatic heterocycles. The normalized spacial score (nSPS) is 10.4. The Labute approximate surface area is 116 Å². The van der Waals surface area contributed by atoms with Crippen molar-refractivity contribution >= 4 is 23.4 Å². The van der Waals surface area contributed by atoms with Gasteiger partial charge in [-0.1, -0.05) is 30.3 Å². The molecular weight excluding hydrogens is 258 g/mol. The van der Waals surface area contributed by atoms with Crippen LogP contribution in [0.3, 0.4) is 0 Å². The lowest BCUT2D eigenvalue weighted by Crippen LogP contribution is -2.03. The van der Waals surface area contributed by atoms with Crippen molar-refractivity contribution in [1.29, 1.82) is 0 Å². The van der Waals surface area contributed by atoms with Crippen LogP contribution < -0.4 is 5.73 Å². The van der Waals surface area contributed by atoms with E-state index in [-0.39, 0.29) is 5.56 Å². The number of aromatic carboxylic acids is 1. The van der Waals surface area contributed by atoms with Crippen LogP contribution in [0.5, 0.6) is 0 Å². The highest BCUT2D eigenvalue weighted by atomic mass is 32.2. The predicted molar refractivity (Wildman–Crippen MR) is 78.6 cm³/mol. The van der Waals surface area contributed by atoms with Crippen LogP contribution >= 0.6 is 11.8 Å². The Balaban J connectivity index is 2.19. The number of carboxylic acids is 1. The quantitative estimate of drug-likeness (QED) is 0.660. The maximum atomic E-state index is 11.0. The van der Waals surface area contributed by atoms with E-state index in [1.807, 2.05) is 18.2 Å². The molecule has 0 amide bonds. The van der Waals surface area contributed by atoms with Gasteiger partial charge in [-0.2, -0.15) is 0 Å². The smallest absolute Gasteiger partial charge is 0.337 e. The van der Waals surface area contributed by atoms with E-state index in [1.54, 1.807) is 17.8 Å². The number of carbonyl (C=O) groups is 1. The van der Waals surface area contributed by atoms with E-state index in [9.17, 15) is 4.79 Å². The van der Waals surface area contributed by atoms with E-state index < -0.39 is 5.97 Å². The van der Waals surface area contributed by atoms with E-state index in [2.05, 4.69) is 19.1 Å². The van der Waals surface area contributed by atoms with Gasteiger partial charge in [0.2, 0.25) is 0 Å². The van der Waals surface area contributed by atoms with Gasteiger partial charge in [-0.05, 0) is 30.2 Å². The number of rotatable bonds is 4. The minimum atomic E-state index is -0.990. The highest BCUT2D eigenvalue weighted by Gasteiger charge is 2.11. The van der Waals surface area contributed by atoms with Crippen LogP contribution in [-0.4, -0.2) is 11.1 Å². The minimum Gasteiger partial charge on any atom is -0.478 e.